The van der Waals surface area contributed by atoms with Gasteiger partial charge in [0.15, 0.2) is 0 Å². The van der Waals surface area contributed by atoms with Crippen LogP contribution in [0, 0.1) is 13.8 Å². The van der Waals surface area contributed by atoms with Crippen molar-refractivity contribution in [3.63, 3.8) is 0 Å². The van der Waals surface area contributed by atoms with Gasteiger partial charge in [0.25, 0.3) is 0 Å². The molecule has 0 bridgehead atoms. The van der Waals surface area contributed by atoms with Crippen molar-refractivity contribution in [3.05, 3.63) is 59.7 Å². The minimum absolute atomic E-state index is 0.150. The number of aryl methyl sites for hydroxylation is 2. The van der Waals surface area contributed by atoms with E-state index in [0.29, 0.717) is 17.2 Å². The average Bonchev–Trinajstić information content (AvgIpc) is 2.94. The van der Waals surface area contributed by atoms with Gasteiger partial charge in [0.1, 0.15) is 11.5 Å². The first-order valence-corrected chi connectivity index (χ1v) is 7.83. The van der Waals surface area contributed by atoms with Gasteiger partial charge in [-0.05, 0) is 39.0 Å². The zero-order chi connectivity index (χ0) is 17.8. The van der Waals surface area contributed by atoms with E-state index in [1.165, 1.54) is 0 Å². The zero-order valence-corrected chi connectivity index (χ0v) is 14.2. The highest BCUT2D eigenvalue weighted by atomic mass is 16.5. The number of ether oxygens (including phenoxy) is 1. The molecule has 1 N–H and O–H groups in total. The van der Waals surface area contributed by atoms with Crippen molar-refractivity contribution in [2.24, 2.45) is 0 Å². The largest absolute Gasteiger partial charge is 0.424 e. The summed E-state index contributed by atoms with van der Waals surface area (Å²) in [5.41, 5.74) is 2.15. The Morgan fingerprint density at radius 1 is 1.20 bits per heavy atom. The maximum Gasteiger partial charge on any atom is 0.321 e. The number of hydrogen-bond donors (Lipinski definition) is 1. The Morgan fingerprint density at radius 2 is 1.96 bits per heavy atom. The molecule has 1 unspecified atom stereocenters. The lowest BCUT2D eigenvalue weighted by atomic mass is 9.98. The first kappa shape index (κ1) is 16.6. The molecule has 128 valence electrons. The second-order valence-corrected chi connectivity index (χ2v) is 5.61. The van der Waals surface area contributed by atoms with Crippen LogP contribution in [0.1, 0.15) is 29.9 Å². The number of hydrogen-bond acceptors (Lipinski definition) is 6. The fourth-order valence-corrected chi connectivity index (χ4v) is 2.57. The summed E-state index contributed by atoms with van der Waals surface area (Å²) in [6.07, 6.45) is 3.19. The number of nitrogens with zero attached hydrogens (tertiary/aromatic N) is 3. The van der Waals surface area contributed by atoms with E-state index >= 15 is 0 Å². The van der Waals surface area contributed by atoms with Crippen LogP contribution in [0.15, 0.2) is 47.2 Å². The van der Waals surface area contributed by atoms with Crippen LogP contribution in [0.25, 0.3) is 0 Å². The Morgan fingerprint density at radius 3 is 2.64 bits per heavy atom. The molecule has 1 atom stereocenters. The molecule has 0 aliphatic rings. The highest BCUT2D eigenvalue weighted by Crippen LogP contribution is 2.26. The van der Waals surface area contributed by atoms with Gasteiger partial charge in [-0.3, -0.25) is 4.79 Å². The van der Waals surface area contributed by atoms with Gasteiger partial charge < -0.3 is 14.6 Å². The van der Waals surface area contributed by atoms with Crippen molar-refractivity contribution in [2.75, 3.05) is 5.32 Å². The predicted molar refractivity (Wildman–Crippen MR) is 91.6 cm³/mol. The number of benzene rings is 1. The third-order valence-corrected chi connectivity index (χ3v) is 3.77. The summed E-state index contributed by atoms with van der Waals surface area (Å²) >= 11 is 0. The van der Waals surface area contributed by atoms with Crippen molar-refractivity contribution in [1.82, 2.24) is 15.1 Å². The normalized spacial score (nSPS) is 11.8. The van der Waals surface area contributed by atoms with Gasteiger partial charge >= 0.3 is 6.01 Å². The van der Waals surface area contributed by atoms with Gasteiger partial charge in [0, 0.05) is 29.7 Å². The number of rotatable bonds is 5. The Labute approximate surface area is 145 Å². The zero-order valence-electron chi connectivity index (χ0n) is 14.2. The molecule has 0 fully saturated rings. The standard InChI is InChI=1S/C18H18N4O3/c1-11(16-12(2)22-25-13(16)3)17(23)21-14-6-4-7-15(10-14)24-18-19-8-5-9-20-18/h4-11H,1-3H3,(H,21,23). The lowest BCUT2D eigenvalue weighted by molar-refractivity contribution is -0.117. The molecule has 3 rings (SSSR count). The molecule has 25 heavy (non-hydrogen) atoms. The van der Waals surface area contributed by atoms with Crippen LogP contribution in [-0.2, 0) is 4.79 Å². The van der Waals surface area contributed by atoms with E-state index in [2.05, 4.69) is 20.4 Å². The maximum atomic E-state index is 12.5. The molecular weight excluding hydrogens is 320 g/mol. The lowest BCUT2D eigenvalue weighted by Gasteiger charge is -2.13. The topological polar surface area (TPSA) is 90.1 Å². The summed E-state index contributed by atoms with van der Waals surface area (Å²) in [6, 6.07) is 9.01. The van der Waals surface area contributed by atoms with Gasteiger partial charge in [0.05, 0.1) is 11.6 Å². The monoisotopic (exact) mass is 338 g/mol. The van der Waals surface area contributed by atoms with Crippen molar-refractivity contribution in [2.45, 2.75) is 26.7 Å². The van der Waals surface area contributed by atoms with E-state index in [0.717, 1.165) is 11.3 Å². The van der Waals surface area contributed by atoms with Gasteiger partial charge in [-0.15, -0.1) is 0 Å². The summed E-state index contributed by atoms with van der Waals surface area (Å²) in [5.74, 6) is 0.656. The second kappa shape index (κ2) is 7.12. The number of carbonyl (C=O) groups is 1. The molecule has 7 nitrogen and oxygen atoms in total. The van der Waals surface area contributed by atoms with Crippen LogP contribution in [0.4, 0.5) is 5.69 Å². The molecule has 3 aromatic rings. The number of amides is 1. The van der Waals surface area contributed by atoms with E-state index in [9.17, 15) is 4.79 Å². The fourth-order valence-electron chi connectivity index (χ4n) is 2.57. The van der Waals surface area contributed by atoms with Crippen LogP contribution in [-0.4, -0.2) is 21.0 Å². The van der Waals surface area contributed by atoms with E-state index in [-0.39, 0.29) is 17.8 Å². The van der Waals surface area contributed by atoms with Gasteiger partial charge in [-0.2, -0.15) is 0 Å². The minimum Gasteiger partial charge on any atom is -0.424 e. The molecule has 0 spiro atoms. The molecule has 7 heteroatoms. The molecule has 0 aliphatic heterocycles. The first-order valence-electron chi connectivity index (χ1n) is 7.83. The van der Waals surface area contributed by atoms with Crippen LogP contribution in [0.3, 0.4) is 0 Å². The van der Waals surface area contributed by atoms with E-state index in [1.807, 2.05) is 13.8 Å². The Bertz CT molecular complexity index is 858. The quantitative estimate of drug-likeness (QED) is 0.764. The SMILES string of the molecule is Cc1noc(C)c1C(C)C(=O)Nc1cccc(Oc2ncccn2)c1. The summed E-state index contributed by atoms with van der Waals surface area (Å²) < 4.78 is 10.7. The van der Waals surface area contributed by atoms with E-state index < -0.39 is 0 Å². The Kier molecular flexibility index (Phi) is 4.74. The van der Waals surface area contributed by atoms with E-state index in [1.54, 1.807) is 49.6 Å². The molecule has 1 amide bonds. The van der Waals surface area contributed by atoms with Gasteiger partial charge in [-0.1, -0.05) is 11.2 Å². The number of nitrogens with one attached hydrogen (secondary N) is 1. The third-order valence-electron chi connectivity index (χ3n) is 3.77. The van der Waals surface area contributed by atoms with Crippen molar-refractivity contribution >= 4 is 11.6 Å². The number of carbonyl (C=O) groups excluding carboxylic acids is 1. The molecule has 2 aromatic heterocycles. The molecule has 2 heterocycles. The van der Waals surface area contributed by atoms with Crippen LogP contribution < -0.4 is 10.1 Å². The van der Waals surface area contributed by atoms with Gasteiger partial charge in [0.2, 0.25) is 5.91 Å². The number of anilines is 1. The first-order chi connectivity index (χ1) is 12.0. The Balaban J connectivity index is 1.72. The smallest absolute Gasteiger partial charge is 0.321 e. The fraction of sp³-hybridized carbons (Fsp3) is 0.222. The number of aromatic nitrogens is 3. The Hall–Kier alpha value is -3.22. The molecule has 1 aromatic carbocycles. The van der Waals surface area contributed by atoms with Crippen LogP contribution >= 0.6 is 0 Å². The molecule has 0 aliphatic carbocycles. The van der Waals surface area contributed by atoms with Crippen molar-refractivity contribution in [1.29, 1.82) is 0 Å². The van der Waals surface area contributed by atoms with Crippen molar-refractivity contribution < 1.29 is 14.1 Å². The van der Waals surface area contributed by atoms with Gasteiger partial charge in [-0.25, -0.2) is 9.97 Å². The molecule has 0 saturated carbocycles. The summed E-state index contributed by atoms with van der Waals surface area (Å²) in [4.78, 5) is 20.6. The third kappa shape index (κ3) is 3.82. The van der Waals surface area contributed by atoms with Crippen molar-refractivity contribution in [3.8, 4) is 11.8 Å². The molecular formula is C18H18N4O3. The summed E-state index contributed by atoms with van der Waals surface area (Å²) in [5, 5.41) is 6.78. The van der Waals surface area contributed by atoms with E-state index in [4.69, 9.17) is 9.26 Å². The average molecular weight is 338 g/mol. The predicted octanol–water partition coefficient (Wildman–Crippen LogP) is 3.62. The molecule has 0 saturated heterocycles. The minimum atomic E-state index is -0.381. The highest BCUT2D eigenvalue weighted by Gasteiger charge is 2.23. The van der Waals surface area contributed by atoms with Crippen LogP contribution in [0.2, 0.25) is 0 Å². The maximum absolute atomic E-state index is 12.5. The highest BCUT2D eigenvalue weighted by molar-refractivity contribution is 5.96. The summed E-state index contributed by atoms with van der Waals surface area (Å²) in [6.45, 7) is 5.44. The molecule has 0 radical (unpaired) electrons. The second-order valence-electron chi connectivity index (χ2n) is 5.61. The lowest BCUT2D eigenvalue weighted by Crippen LogP contribution is -2.19. The van der Waals surface area contributed by atoms with Crippen LogP contribution in [0.5, 0.6) is 11.8 Å². The summed E-state index contributed by atoms with van der Waals surface area (Å²) in [7, 11) is 0.